The van der Waals surface area contributed by atoms with E-state index in [2.05, 4.69) is 5.32 Å². The zero-order valence-electron chi connectivity index (χ0n) is 13.4. The Kier molecular flexibility index (Phi) is 6.00. The number of carbonyl (C=O) groups is 1. The summed E-state index contributed by atoms with van der Waals surface area (Å²) in [6.45, 7) is -0.284. The second-order valence-electron chi connectivity index (χ2n) is 5.63. The number of likely N-dealkylation sites (N-methyl/N-ethyl adjacent to an activating group) is 1. The van der Waals surface area contributed by atoms with Crippen LogP contribution in [0.25, 0.3) is 0 Å². The Hall–Kier alpha value is -1.87. The van der Waals surface area contributed by atoms with Gasteiger partial charge in [-0.25, -0.2) is 12.8 Å². The van der Waals surface area contributed by atoms with Crippen LogP contribution in [0.4, 0.5) is 10.1 Å². The predicted octanol–water partition coefficient (Wildman–Crippen LogP) is 0.254. The number of benzene rings is 1. The van der Waals surface area contributed by atoms with Crippen molar-refractivity contribution >= 4 is 21.4 Å². The van der Waals surface area contributed by atoms with Gasteiger partial charge in [0.25, 0.3) is 0 Å². The number of carbonyl (C=O) groups excluding carboxylic acids is 1. The summed E-state index contributed by atoms with van der Waals surface area (Å²) in [6.07, 6.45) is 0.436. The minimum atomic E-state index is -3.06. The highest BCUT2D eigenvalue weighted by Crippen LogP contribution is 2.25. The lowest BCUT2D eigenvalue weighted by Crippen LogP contribution is -2.40. The van der Waals surface area contributed by atoms with Gasteiger partial charge in [0.05, 0.1) is 30.3 Å². The number of sulfone groups is 1. The minimum absolute atomic E-state index is 0.00587. The zero-order valence-corrected chi connectivity index (χ0v) is 14.2. The summed E-state index contributed by atoms with van der Waals surface area (Å²) in [4.78, 5) is 13.6. The molecule has 1 saturated heterocycles. The van der Waals surface area contributed by atoms with E-state index in [-0.39, 0.29) is 49.0 Å². The predicted molar refractivity (Wildman–Crippen MR) is 87.3 cm³/mol. The Bertz CT molecular complexity index is 695. The molecular formula is C15H21FN2O5S. The number of nitrogens with one attached hydrogen (secondary N) is 1. The monoisotopic (exact) mass is 360 g/mol. The zero-order chi connectivity index (χ0) is 17.7. The first-order valence-corrected chi connectivity index (χ1v) is 9.37. The van der Waals surface area contributed by atoms with E-state index in [0.29, 0.717) is 12.1 Å². The van der Waals surface area contributed by atoms with E-state index < -0.39 is 15.7 Å². The Balaban J connectivity index is 1.96. The summed E-state index contributed by atoms with van der Waals surface area (Å²) < 4.78 is 41.5. The van der Waals surface area contributed by atoms with Crippen LogP contribution in [-0.2, 0) is 14.6 Å². The summed E-state index contributed by atoms with van der Waals surface area (Å²) in [5, 5.41) is 11.7. The summed E-state index contributed by atoms with van der Waals surface area (Å²) in [7, 11) is -1.49. The minimum Gasteiger partial charge on any atom is -0.489 e. The normalized spacial score (nSPS) is 19.0. The lowest BCUT2D eigenvalue weighted by atomic mass is 10.2. The van der Waals surface area contributed by atoms with E-state index in [1.165, 1.54) is 17.0 Å². The summed E-state index contributed by atoms with van der Waals surface area (Å²) in [5.74, 6) is -0.484. The van der Waals surface area contributed by atoms with Gasteiger partial charge in [0.1, 0.15) is 18.2 Å². The molecule has 0 spiro atoms. The second kappa shape index (κ2) is 7.80. The second-order valence-corrected chi connectivity index (χ2v) is 7.86. The van der Waals surface area contributed by atoms with E-state index in [0.717, 1.165) is 6.07 Å². The highest BCUT2D eigenvalue weighted by atomic mass is 32.2. The van der Waals surface area contributed by atoms with Gasteiger partial charge in [-0.2, -0.15) is 0 Å². The van der Waals surface area contributed by atoms with E-state index in [9.17, 15) is 17.6 Å². The molecule has 1 aromatic carbocycles. The van der Waals surface area contributed by atoms with E-state index >= 15 is 0 Å². The molecule has 0 radical (unpaired) electrons. The molecule has 1 aliphatic rings. The standard InChI is InChI=1S/C15H21FN2O5S/c1-18(12-4-7-24(21,22)10-12)15(20)9-17-13-3-2-11(16)8-14(13)23-6-5-19/h2-3,8,12,17,19H,4-7,9-10H2,1H3. The molecule has 1 heterocycles. The van der Waals surface area contributed by atoms with Crippen molar-refractivity contribution in [2.24, 2.45) is 0 Å². The van der Waals surface area contributed by atoms with Crippen molar-refractivity contribution in [3.63, 3.8) is 0 Å². The number of anilines is 1. The van der Waals surface area contributed by atoms with Crippen molar-refractivity contribution in [2.75, 3.05) is 43.6 Å². The Morgan fingerprint density at radius 2 is 2.25 bits per heavy atom. The number of aliphatic hydroxyl groups is 1. The third kappa shape index (κ3) is 4.81. The van der Waals surface area contributed by atoms with Crippen LogP contribution in [-0.4, -0.2) is 68.7 Å². The van der Waals surface area contributed by atoms with Gasteiger partial charge in [-0.3, -0.25) is 4.79 Å². The van der Waals surface area contributed by atoms with Crippen LogP contribution >= 0.6 is 0 Å². The van der Waals surface area contributed by atoms with Crippen LogP contribution in [0.5, 0.6) is 5.75 Å². The topological polar surface area (TPSA) is 95.9 Å². The maximum Gasteiger partial charge on any atom is 0.241 e. The fraction of sp³-hybridized carbons (Fsp3) is 0.533. The average molecular weight is 360 g/mol. The number of ether oxygens (including phenoxy) is 1. The molecular weight excluding hydrogens is 339 g/mol. The molecule has 0 bridgehead atoms. The largest absolute Gasteiger partial charge is 0.489 e. The Morgan fingerprint density at radius 3 is 2.88 bits per heavy atom. The van der Waals surface area contributed by atoms with Crippen LogP contribution in [0.1, 0.15) is 6.42 Å². The molecule has 1 fully saturated rings. The molecule has 134 valence electrons. The molecule has 9 heteroatoms. The van der Waals surface area contributed by atoms with Gasteiger partial charge in [-0.05, 0) is 18.6 Å². The molecule has 7 nitrogen and oxygen atoms in total. The highest BCUT2D eigenvalue weighted by molar-refractivity contribution is 7.91. The number of amides is 1. The van der Waals surface area contributed by atoms with Crippen molar-refractivity contribution < 1.29 is 27.4 Å². The number of halogens is 1. The van der Waals surface area contributed by atoms with Gasteiger partial charge in [0.15, 0.2) is 9.84 Å². The maximum atomic E-state index is 13.3. The van der Waals surface area contributed by atoms with Gasteiger partial charge in [-0.1, -0.05) is 0 Å². The molecule has 1 amide bonds. The van der Waals surface area contributed by atoms with Gasteiger partial charge >= 0.3 is 0 Å². The molecule has 0 saturated carbocycles. The number of nitrogens with zero attached hydrogens (tertiary/aromatic N) is 1. The van der Waals surface area contributed by atoms with E-state index in [4.69, 9.17) is 9.84 Å². The number of hydrogen-bond donors (Lipinski definition) is 2. The van der Waals surface area contributed by atoms with Crippen molar-refractivity contribution in [2.45, 2.75) is 12.5 Å². The fourth-order valence-corrected chi connectivity index (χ4v) is 4.27. The van der Waals surface area contributed by atoms with Crippen molar-refractivity contribution in [1.29, 1.82) is 0 Å². The first-order valence-electron chi connectivity index (χ1n) is 7.55. The maximum absolute atomic E-state index is 13.3. The smallest absolute Gasteiger partial charge is 0.241 e. The summed E-state index contributed by atoms with van der Waals surface area (Å²) in [6, 6.07) is 3.51. The third-order valence-electron chi connectivity index (χ3n) is 3.87. The molecule has 2 rings (SSSR count). The average Bonchev–Trinajstić information content (AvgIpc) is 2.90. The molecule has 0 aromatic heterocycles. The number of rotatable bonds is 7. The lowest BCUT2D eigenvalue weighted by molar-refractivity contribution is -0.129. The number of aliphatic hydroxyl groups excluding tert-OH is 1. The quantitative estimate of drug-likeness (QED) is 0.724. The third-order valence-corrected chi connectivity index (χ3v) is 5.62. The molecule has 1 aromatic rings. The number of hydrogen-bond acceptors (Lipinski definition) is 6. The first-order chi connectivity index (χ1) is 11.3. The van der Waals surface area contributed by atoms with Crippen LogP contribution in [0, 0.1) is 5.82 Å². The van der Waals surface area contributed by atoms with Crippen LogP contribution < -0.4 is 10.1 Å². The van der Waals surface area contributed by atoms with Gasteiger partial charge in [0, 0.05) is 19.2 Å². The molecule has 1 unspecified atom stereocenters. The summed E-state index contributed by atoms with van der Waals surface area (Å²) in [5.41, 5.74) is 0.422. The Morgan fingerprint density at radius 1 is 1.50 bits per heavy atom. The lowest BCUT2D eigenvalue weighted by Gasteiger charge is -2.24. The molecule has 0 aliphatic carbocycles. The van der Waals surface area contributed by atoms with Gasteiger partial charge < -0.3 is 20.1 Å². The van der Waals surface area contributed by atoms with Gasteiger partial charge in [0.2, 0.25) is 5.91 Å². The van der Waals surface area contributed by atoms with Gasteiger partial charge in [-0.15, -0.1) is 0 Å². The fourth-order valence-electron chi connectivity index (χ4n) is 2.50. The SMILES string of the molecule is CN(C(=O)CNc1ccc(F)cc1OCCO)C1CCS(=O)(=O)C1. The first kappa shape index (κ1) is 18.5. The van der Waals surface area contributed by atoms with Crippen molar-refractivity contribution in [3.05, 3.63) is 24.0 Å². The van der Waals surface area contributed by atoms with E-state index in [1.807, 2.05) is 0 Å². The van der Waals surface area contributed by atoms with Crippen molar-refractivity contribution in [1.82, 2.24) is 4.90 Å². The summed E-state index contributed by atoms with van der Waals surface area (Å²) >= 11 is 0. The molecule has 24 heavy (non-hydrogen) atoms. The van der Waals surface area contributed by atoms with E-state index in [1.54, 1.807) is 7.05 Å². The molecule has 2 N–H and O–H groups in total. The molecule has 1 atom stereocenters. The van der Waals surface area contributed by atoms with Crippen molar-refractivity contribution in [3.8, 4) is 5.75 Å². The van der Waals surface area contributed by atoms with Crippen LogP contribution in [0.2, 0.25) is 0 Å². The highest BCUT2D eigenvalue weighted by Gasteiger charge is 2.32. The van der Waals surface area contributed by atoms with Crippen LogP contribution in [0.3, 0.4) is 0 Å². The molecule has 1 aliphatic heterocycles. The Labute approximate surface area is 140 Å². The van der Waals surface area contributed by atoms with Crippen LogP contribution in [0.15, 0.2) is 18.2 Å².